The van der Waals surface area contributed by atoms with Crippen LogP contribution in [0.3, 0.4) is 0 Å². The highest BCUT2D eigenvalue weighted by atomic mass is 16.5. The first kappa shape index (κ1) is 13.8. The van der Waals surface area contributed by atoms with E-state index in [0.717, 1.165) is 0 Å². The van der Waals surface area contributed by atoms with Crippen molar-refractivity contribution in [3.63, 3.8) is 0 Å². The largest absolute Gasteiger partial charge is 0.393 e. The summed E-state index contributed by atoms with van der Waals surface area (Å²) in [6.07, 6.45) is -0.579. The summed E-state index contributed by atoms with van der Waals surface area (Å²) >= 11 is 0. The van der Waals surface area contributed by atoms with Crippen LogP contribution in [-0.4, -0.2) is 59.9 Å². The lowest BCUT2D eigenvalue weighted by molar-refractivity contribution is -0.00323. The van der Waals surface area contributed by atoms with Crippen LogP contribution in [0.1, 0.15) is 13.8 Å². The number of hydrogen-bond acceptors (Lipinski definition) is 5. The summed E-state index contributed by atoms with van der Waals surface area (Å²) in [5.74, 6) is 0. The van der Waals surface area contributed by atoms with Gasteiger partial charge in [-0.2, -0.15) is 0 Å². The molecule has 0 aliphatic heterocycles. The van der Waals surface area contributed by atoms with Crippen LogP contribution < -0.4 is 5.32 Å². The molecular formula is C9H21NO4. The lowest BCUT2D eigenvalue weighted by Gasteiger charge is -2.21. The van der Waals surface area contributed by atoms with Gasteiger partial charge < -0.3 is 25.4 Å². The van der Waals surface area contributed by atoms with Crippen LogP contribution in [0, 0.1) is 0 Å². The highest BCUT2D eigenvalue weighted by Crippen LogP contribution is 1.98. The van der Waals surface area contributed by atoms with Gasteiger partial charge in [0, 0.05) is 19.7 Å². The third kappa shape index (κ3) is 7.23. The Bertz CT molecular complexity index is 141. The number of aliphatic hydroxyl groups is 3. The van der Waals surface area contributed by atoms with Crippen molar-refractivity contribution in [3.8, 4) is 0 Å². The maximum atomic E-state index is 9.39. The van der Waals surface area contributed by atoms with Crippen LogP contribution in [-0.2, 0) is 4.74 Å². The summed E-state index contributed by atoms with van der Waals surface area (Å²) in [5, 5.41) is 30.3. The van der Waals surface area contributed by atoms with Crippen molar-refractivity contribution in [2.45, 2.75) is 25.6 Å². The van der Waals surface area contributed by atoms with E-state index in [1.54, 1.807) is 0 Å². The second-order valence-electron chi connectivity index (χ2n) is 3.60. The Morgan fingerprint density at radius 1 is 1.50 bits per heavy atom. The van der Waals surface area contributed by atoms with Gasteiger partial charge in [-0.25, -0.2) is 0 Å². The van der Waals surface area contributed by atoms with E-state index >= 15 is 0 Å². The van der Waals surface area contributed by atoms with E-state index in [-0.39, 0.29) is 19.8 Å². The molecule has 4 N–H and O–H groups in total. The first-order valence-corrected chi connectivity index (χ1v) is 4.81. The van der Waals surface area contributed by atoms with E-state index in [9.17, 15) is 10.2 Å². The lowest BCUT2D eigenvalue weighted by Crippen LogP contribution is -2.43. The van der Waals surface area contributed by atoms with Crippen LogP contribution in [0.5, 0.6) is 0 Å². The molecule has 0 rings (SSSR count). The number of rotatable bonds is 8. The Balaban J connectivity index is 3.43. The van der Waals surface area contributed by atoms with Gasteiger partial charge in [-0.05, 0) is 13.8 Å². The highest BCUT2D eigenvalue weighted by Gasteiger charge is 2.18. The second-order valence-corrected chi connectivity index (χ2v) is 3.60. The number of hydrogen-bond donors (Lipinski definition) is 4. The first-order valence-electron chi connectivity index (χ1n) is 4.81. The molecule has 14 heavy (non-hydrogen) atoms. The molecule has 0 saturated carbocycles. The van der Waals surface area contributed by atoms with Crippen molar-refractivity contribution < 1.29 is 20.1 Å². The summed E-state index contributed by atoms with van der Waals surface area (Å²) in [4.78, 5) is 0. The predicted octanol–water partition coefficient (Wildman–Crippen LogP) is -1.28. The Morgan fingerprint density at radius 3 is 2.64 bits per heavy atom. The van der Waals surface area contributed by atoms with Gasteiger partial charge in [-0.1, -0.05) is 0 Å². The molecule has 0 aromatic heterocycles. The van der Waals surface area contributed by atoms with Crippen LogP contribution >= 0.6 is 0 Å². The van der Waals surface area contributed by atoms with E-state index in [2.05, 4.69) is 5.32 Å². The average molecular weight is 207 g/mol. The van der Waals surface area contributed by atoms with E-state index in [4.69, 9.17) is 9.84 Å². The topological polar surface area (TPSA) is 82.0 Å². The molecule has 2 unspecified atom stereocenters. The van der Waals surface area contributed by atoms with Gasteiger partial charge in [0.15, 0.2) is 0 Å². The predicted molar refractivity (Wildman–Crippen MR) is 53.1 cm³/mol. The molecule has 2 atom stereocenters. The molecule has 0 aliphatic carbocycles. The standard InChI is InChI=1S/C9H21NO4/c1-3-14-5-8(12)4-10-6-9(2,13)7-11/h8,10-13H,3-7H2,1-2H3. The van der Waals surface area contributed by atoms with Gasteiger partial charge in [0.2, 0.25) is 0 Å². The minimum absolute atomic E-state index is 0.243. The summed E-state index contributed by atoms with van der Waals surface area (Å²) < 4.78 is 5.00. The van der Waals surface area contributed by atoms with Gasteiger partial charge >= 0.3 is 0 Å². The van der Waals surface area contributed by atoms with Crippen LogP contribution in [0.25, 0.3) is 0 Å². The fraction of sp³-hybridized carbons (Fsp3) is 1.00. The van der Waals surface area contributed by atoms with Crippen molar-refractivity contribution in [2.75, 3.05) is 32.9 Å². The zero-order valence-corrected chi connectivity index (χ0v) is 8.86. The number of nitrogens with one attached hydrogen (secondary N) is 1. The van der Waals surface area contributed by atoms with Gasteiger partial charge in [0.1, 0.15) is 0 Å². The smallest absolute Gasteiger partial charge is 0.0972 e. The lowest BCUT2D eigenvalue weighted by atomic mass is 10.1. The molecule has 0 amide bonds. The van der Waals surface area contributed by atoms with Crippen LogP contribution in [0.2, 0.25) is 0 Å². The van der Waals surface area contributed by atoms with Gasteiger partial charge in [0.25, 0.3) is 0 Å². The monoisotopic (exact) mass is 207 g/mol. The molecular weight excluding hydrogens is 186 g/mol. The summed E-state index contributed by atoms with van der Waals surface area (Å²) in [6.45, 7) is 4.52. The fourth-order valence-electron chi connectivity index (χ4n) is 0.877. The van der Waals surface area contributed by atoms with Crippen molar-refractivity contribution in [2.24, 2.45) is 0 Å². The van der Waals surface area contributed by atoms with Crippen LogP contribution in [0.15, 0.2) is 0 Å². The minimum Gasteiger partial charge on any atom is -0.393 e. The SMILES string of the molecule is CCOCC(O)CNCC(C)(O)CO. The quantitative estimate of drug-likeness (QED) is 0.398. The number of aliphatic hydroxyl groups excluding tert-OH is 2. The zero-order chi connectivity index (χ0) is 11.0. The summed E-state index contributed by atoms with van der Waals surface area (Å²) in [5.41, 5.74) is -1.13. The molecule has 0 heterocycles. The zero-order valence-electron chi connectivity index (χ0n) is 8.86. The molecule has 0 radical (unpaired) electrons. The molecule has 0 bridgehead atoms. The Morgan fingerprint density at radius 2 is 2.14 bits per heavy atom. The molecule has 0 aromatic carbocycles. The van der Waals surface area contributed by atoms with Gasteiger partial charge in [-0.3, -0.25) is 0 Å². The second kappa shape index (κ2) is 7.14. The van der Waals surface area contributed by atoms with Crippen molar-refractivity contribution in [1.82, 2.24) is 5.32 Å². The minimum atomic E-state index is -1.13. The normalized spacial score (nSPS) is 17.8. The van der Waals surface area contributed by atoms with Crippen molar-refractivity contribution >= 4 is 0 Å². The summed E-state index contributed by atoms with van der Waals surface area (Å²) in [7, 11) is 0. The molecule has 5 nitrogen and oxygen atoms in total. The van der Waals surface area contributed by atoms with E-state index < -0.39 is 11.7 Å². The van der Waals surface area contributed by atoms with E-state index in [1.165, 1.54) is 6.92 Å². The average Bonchev–Trinajstić information content (AvgIpc) is 2.14. The molecule has 5 heteroatoms. The van der Waals surface area contributed by atoms with Crippen molar-refractivity contribution in [1.29, 1.82) is 0 Å². The van der Waals surface area contributed by atoms with E-state index in [0.29, 0.717) is 13.2 Å². The third-order valence-electron chi connectivity index (χ3n) is 1.74. The fourth-order valence-corrected chi connectivity index (χ4v) is 0.877. The first-order chi connectivity index (χ1) is 6.52. The number of ether oxygens (including phenoxy) is 1. The molecule has 86 valence electrons. The van der Waals surface area contributed by atoms with Gasteiger partial charge in [0.05, 0.1) is 24.9 Å². The molecule has 0 saturated heterocycles. The Labute approximate surface area is 84.7 Å². The maximum Gasteiger partial charge on any atom is 0.0972 e. The molecule has 0 aliphatic rings. The maximum absolute atomic E-state index is 9.39. The summed E-state index contributed by atoms with van der Waals surface area (Å²) in [6, 6.07) is 0. The van der Waals surface area contributed by atoms with E-state index in [1.807, 2.05) is 6.92 Å². The third-order valence-corrected chi connectivity index (χ3v) is 1.74. The Kier molecular flexibility index (Phi) is 7.04. The molecule has 0 spiro atoms. The van der Waals surface area contributed by atoms with Crippen molar-refractivity contribution in [3.05, 3.63) is 0 Å². The highest BCUT2D eigenvalue weighted by molar-refractivity contribution is 4.74. The molecule has 0 aromatic rings. The molecule has 0 fully saturated rings. The Hall–Kier alpha value is -0.200. The van der Waals surface area contributed by atoms with Crippen LogP contribution in [0.4, 0.5) is 0 Å². The van der Waals surface area contributed by atoms with Gasteiger partial charge in [-0.15, -0.1) is 0 Å².